The van der Waals surface area contributed by atoms with E-state index in [0.717, 1.165) is 0 Å². The average Bonchev–Trinajstić information content (AvgIpc) is 2.61. The van der Waals surface area contributed by atoms with E-state index < -0.39 is 11.8 Å². The minimum atomic E-state index is -0.594. The number of H-pyrrole nitrogens is 1. The minimum Gasteiger partial charge on any atom is -0.369 e. The largest absolute Gasteiger partial charge is 0.369 e. The highest BCUT2D eigenvalue weighted by Gasteiger charge is 2.14. The van der Waals surface area contributed by atoms with Crippen molar-refractivity contribution >= 4 is 17.1 Å². The molecule has 0 fully saturated rings. The van der Waals surface area contributed by atoms with Crippen LogP contribution in [0.1, 0.15) is 13.2 Å². The van der Waals surface area contributed by atoms with Gasteiger partial charge in [0, 0.05) is 0 Å². The number of anilines is 1. The second-order valence-corrected chi connectivity index (χ2v) is 3.16. The van der Waals surface area contributed by atoms with Crippen LogP contribution in [0.2, 0.25) is 0 Å². The molecule has 0 bridgehead atoms. The first-order valence-electron chi connectivity index (χ1n) is 4.73. The highest BCUT2D eigenvalue weighted by Crippen LogP contribution is 2.05. The van der Waals surface area contributed by atoms with E-state index in [4.69, 9.17) is 11.5 Å². The van der Waals surface area contributed by atoms with Gasteiger partial charge in [0.1, 0.15) is 0 Å². The van der Waals surface area contributed by atoms with E-state index in [2.05, 4.69) is 25.6 Å². The molecular weight excluding hydrogens is 212 g/mol. The molecule has 0 saturated heterocycles. The number of rotatable bonds is 3. The van der Waals surface area contributed by atoms with Crippen LogP contribution >= 0.6 is 0 Å². The molecular formula is C7H12N8O. The quantitative estimate of drug-likeness (QED) is 0.447. The topological polar surface area (TPSA) is 141 Å². The normalized spacial score (nSPS) is 13.1. The summed E-state index contributed by atoms with van der Waals surface area (Å²) < 4.78 is 1.31. The van der Waals surface area contributed by atoms with Crippen molar-refractivity contribution in [3.8, 4) is 0 Å². The van der Waals surface area contributed by atoms with Gasteiger partial charge in [0.15, 0.2) is 17.5 Å². The Morgan fingerprint density at radius 3 is 3.06 bits per heavy atom. The third-order valence-corrected chi connectivity index (χ3v) is 2.03. The first kappa shape index (κ1) is 10.5. The van der Waals surface area contributed by atoms with Gasteiger partial charge >= 0.3 is 0 Å². The van der Waals surface area contributed by atoms with Crippen molar-refractivity contribution in [2.75, 3.05) is 12.3 Å². The molecule has 0 aromatic carbocycles. The van der Waals surface area contributed by atoms with E-state index in [-0.39, 0.29) is 17.1 Å². The molecule has 0 amide bonds. The SMILES string of the molecule is CCNC(N)n1nnc2c(=O)[nH]c(N)nc21. The zero-order valence-corrected chi connectivity index (χ0v) is 8.64. The van der Waals surface area contributed by atoms with Crippen LogP contribution in [0.25, 0.3) is 11.2 Å². The monoisotopic (exact) mass is 224 g/mol. The van der Waals surface area contributed by atoms with Crippen LogP contribution in [0.4, 0.5) is 5.95 Å². The Bertz CT molecular complexity index is 557. The molecule has 2 aromatic heterocycles. The van der Waals surface area contributed by atoms with Gasteiger partial charge in [0.25, 0.3) is 5.56 Å². The minimum absolute atomic E-state index is 0.00440. The van der Waals surface area contributed by atoms with Crippen LogP contribution in [0.15, 0.2) is 4.79 Å². The number of fused-ring (bicyclic) bond motifs is 1. The Balaban J connectivity index is 2.60. The third kappa shape index (κ3) is 1.61. The molecule has 2 aromatic rings. The Morgan fingerprint density at radius 2 is 2.38 bits per heavy atom. The molecule has 1 atom stereocenters. The van der Waals surface area contributed by atoms with Crippen molar-refractivity contribution in [1.82, 2.24) is 30.3 Å². The summed E-state index contributed by atoms with van der Waals surface area (Å²) in [6.07, 6.45) is -0.594. The zero-order valence-electron chi connectivity index (χ0n) is 8.64. The first-order valence-corrected chi connectivity index (χ1v) is 4.73. The lowest BCUT2D eigenvalue weighted by molar-refractivity contribution is 0.391. The van der Waals surface area contributed by atoms with E-state index in [1.165, 1.54) is 4.68 Å². The average molecular weight is 224 g/mol. The molecule has 0 aliphatic carbocycles. The summed E-state index contributed by atoms with van der Waals surface area (Å²) in [5.74, 6) is 0.00440. The Labute approximate surface area is 89.8 Å². The maximum atomic E-state index is 11.4. The summed E-state index contributed by atoms with van der Waals surface area (Å²) in [7, 11) is 0. The van der Waals surface area contributed by atoms with E-state index >= 15 is 0 Å². The lowest BCUT2D eigenvalue weighted by Gasteiger charge is -2.11. The first-order chi connectivity index (χ1) is 7.63. The number of hydrogen-bond acceptors (Lipinski definition) is 7. The van der Waals surface area contributed by atoms with Crippen LogP contribution in [-0.4, -0.2) is 31.5 Å². The molecule has 0 aliphatic heterocycles. The van der Waals surface area contributed by atoms with Gasteiger partial charge < -0.3 is 5.73 Å². The fourth-order valence-electron chi connectivity index (χ4n) is 1.34. The maximum absolute atomic E-state index is 11.4. The predicted octanol–water partition coefficient (Wildman–Crippen LogP) is -1.88. The number of nitrogens with two attached hydrogens (primary N) is 2. The molecule has 86 valence electrons. The highest BCUT2D eigenvalue weighted by atomic mass is 16.1. The lowest BCUT2D eigenvalue weighted by atomic mass is 10.5. The third-order valence-electron chi connectivity index (χ3n) is 2.03. The summed E-state index contributed by atoms with van der Waals surface area (Å²) in [4.78, 5) is 17.7. The van der Waals surface area contributed by atoms with Crippen molar-refractivity contribution < 1.29 is 0 Å². The summed E-state index contributed by atoms with van der Waals surface area (Å²) in [6.45, 7) is 2.55. The molecule has 16 heavy (non-hydrogen) atoms. The zero-order chi connectivity index (χ0) is 11.7. The van der Waals surface area contributed by atoms with Crippen LogP contribution in [-0.2, 0) is 0 Å². The second-order valence-electron chi connectivity index (χ2n) is 3.16. The van der Waals surface area contributed by atoms with Gasteiger partial charge in [-0.1, -0.05) is 12.1 Å². The van der Waals surface area contributed by atoms with Crippen LogP contribution in [0.3, 0.4) is 0 Å². The van der Waals surface area contributed by atoms with E-state index in [0.29, 0.717) is 6.54 Å². The van der Waals surface area contributed by atoms with Gasteiger partial charge in [0.2, 0.25) is 5.95 Å². The number of hydrogen-bond donors (Lipinski definition) is 4. The standard InChI is InChI=1S/C7H12N8O/c1-2-10-7(9)15-4-3(13-14-15)5(16)12-6(8)11-4/h7,10H,2,9H2,1H3,(H3,8,11,12,16). The number of nitrogen functional groups attached to an aromatic ring is 1. The summed E-state index contributed by atoms with van der Waals surface area (Å²) in [6, 6.07) is 0. The molecule has 2 rings (SSSR count). The number of aromatic nitrogens is 5. The van der Waals surface area contributed by atoms with Crippen molar-refractivity contribution in [1.29, 1.82) is 0 Å². The van der Waals surface area contributed by atoms with Gasteiger partial charge in [-0.05, 0) is 6.54 Å². The molecule has 0 spiro atoms. The molecule has 0 saturated carbocycles. The number of aromatic amines is 1. The van der Waals surface area contributed by atoms with Gasteiger partial charge in [-0.15, -0.1) is 5.10 Å². The predicted molar refractivity (Wildman–Crippen MR) is 57.3 cm³/mol. The molecule has 0 radical (unpaired) electrons. The van der Waals surface area contributed by atoms with Crippen molar-refractivity contribution in [2.24, 2.45) is 5.73 Å². The molecule has 2 heterocycles. The van der Waals surface area contributed by atoms with Gasteiger partial charge in [-0.3, -0.25) is 20.8 Å². The van der Waals surface area contributed by atoms with E-state index in [1.54, 1.807) is 0 Å². The van der Waals surface area contributed by atoms with Crippen LogP contribution in [0, 0.1) is 0 Å². The summed E-state index contributed by atoms with van der Waals surface area (Å²) in [5, 5.41) is 10.4. The van der Waals surface area contributed by atoms with Crippen molar-refractivity contribution in [3.05, 3.63) is 10.4 Å². The van der Waals surface area contributed by atoms with Crippen LogP contribution in [0.5, 0.6) is 0 Å². The Hall–Kier alpha value is -2.00. The molecule has 6 N–H and O–H groups in total. The maximum Gasteiger partial charge on any atom is 0.282 e. The molecule has 0 aliphatic rings. The van der Waals surface area contributed by atoms with Crippen molar-refractivity contribution in [2.45, 2.75) is 13.2 Å². The smallest absolute Gasteiger partial charge is 0.282 e. The summed E-state index contributed by atoms with van der Waals surface area (Å²) in [5.41, 5.74) is 11.1. The second kappa shape index (κ2) is 3.87. The van der Waals surface area contributed by atoms with E-state index in [1.807, 2.05) is 6.92 Å². The Morgan fingerprint density at radius 1 is 1.62 bits per heavy atom. The van der Waals surface area contributed by atoms with Gasteiger partial charge in [-0.25, -0.2) is 0 Å². The lowest BCUT2D eigenvalue weighted by Crippen LogP contribution is -2.34. The summed E-state index contributed by atoms with van der Waals surface area (Å²) >= 11 is 0. The van der Waals surface area contributed by atoms with Crippen molar-refractivity contribution in [3.63, 3.8) is 0 Å². The van der Waals surface area contributed by atoms with E-state index in [9.17, 15) is 4.79 Å². The number of nitrogens with zero attached hydrogens (tertiary/aromatic N) is 4. The fraction of sp³-hybridized carbons (Fsp3) is 0.429. The molecule has 9 nitrogen and oxygen atoms in total. The van der Waals surface area contributed by atoms with Crippen LogP contribution < -0.4 is 22.3 Å². The van der Waals surface area contributed by atoms with Gasteiger partial charge in [-0.2, -0.15) is 9.67 Å². The number of nitrogens with one attached hydrogen (secondary N) is 2. The Kier molecular flexibility index (Phi) is 2.54. The molecule has 9 heteroatoms. The molecule has 1 unspecified atom stereocenters. The fourth-order valence-corrected chi connectivity index (χ4v) is 1.34. The highest BCUT2D eigenvalue weighted by molar-refractivity contribution is 5.69. The van der Waals surface area contributed by atoms with Gasteiger partial charge in [0.05, 0.1) is 0 Å².